The number of likely N-dealkylation sites (tertiary alicyclic amines) is 1. The molecule has 3 heterocycles. The fraction of sp³-hybridized carbons (Fsp3) is 0.650. The number of carbonyl (C=O) groups is 3. The van der Waals surface area contributed by atoms with Gasteiger partial charge in [-0.05, 0) is 43.7 Å². The van der Waals surface area contributed by atoms with E-state index in [1.807, 2.05) is 4.90 Å². The van der Waals surface area contributed by atoms with E-state index in [4.69, 9.17) is 4.42 Å². The lowest BCUT2D eigenvalue weighted by atomic mass is 9.96. The van der Waals surface area contributed by atoms with Gasteiger partial charge < -0.3 is 19.1 Å². The van der Waals surface area contributed by atoms with Crippen molar-refractivity contribution in [3.63, 3.8) is 0 Å². The Bertz CT molecular complexity index is 710. The fourth-order valence-corrected chi connectivity index (χ4v) is 4.13. The lowest BCUT2D eigenvalue weighted by Gasteiger charge is -2.38. The SMILES string of the molecule is CC1CCN(C(=O)C2(C(=O)N3CCN(C(=O)c4ccco4)CC3)CC2)CC1. The largest absolute Gasteiger partial charge is 0.459 e. The summed E-state index contributed by atoms with van der Waals surface area (Å²) in [5, 5.41) is 0. The van der Waals surface area contributed by atoms with E-state index in [9.17, 15) is 14.4 Å². The molecule has 4 rings (SSSR count). The predicted molar refractivity (Wildman–Crippen MR) is 97.8 cm³/mol. The van der Waals surface area contributed by atoms with Crippen LogP contribution in [0.25, 0.3) is 0 Å². The highest BCUT2D eigenvalue weighted by atomic mass is 16.3. The van der Waals surface area contributed by atoms with Crippen molar-refractivity contribution in [1.29, 1.82) is 0 Å². The Morgan fingerprint density at radius 1 is 0.926 bits per heavy atom. The molecule has 0 unspecified atom stereocenters. The Balaban J connectivity index is 1.35. The molecule has 1 aromatic heterocycles. The summed E-state index contributed by atoms with van der Waals surface area (Å²) in [6.07, 6.45) is 4.83. The molecular formula is C20H27N3O4. The molecule has 7 heteroatoms. The minimum Gasteiger partial charge on any atom is -0.459 e. The van der Waals surface area contributed by atoms with Gasteiger partial charge in [-0.1, -0.05) is 6.92 Å². The van der Waals surface area contributed by atoms with Gasteiger partial charge in [-0.2, -0.15) is 0 Å². The van der Waals surface area contributed by atoms with Crippen LogP contribution in [0.3, 0.4) is 0 Å². The number of amides is 3. The molecule has 2 aliphatic heterocycles. The second kappa shape index (κ2) is 7.02. The highest BCUT2D eigenvalue weighted by Gasteiger charge is 2.59. The Kier molecular flexibility index (Phi) is 4.70. The van der Waals surface area contributed by atoms with E-state index in [1.165, 1.54) is 6.26 Å². The maximum atomic E-state index is 13.1. The predicted octanol–water partition coefficient (Wildman–Crippen LogP) is 1.60. The van der Waals surface area contributed by atoms with Crippen molar-refractivity contribution in [2.75, 3.05) is 39.3 Å². The number of nitrogens with zero attached hydrogens (tertiary/aromatic N) is 3. The van der Waals surface area contributed by atoms with E-state index in [0.717, 1.165) is 25.9 Å². The van der Waals surface area contributed by atoms with Crippen molar-refractivity contribution in [2.24, 2.45) is 11.3 Å². The van der Waals surface area contributed by atoms with Gasteiger partial charge in [-0.25, -0.2) is 0 Å². The molecule has 0 radical (unpaired) electrons. The Morgan fingerprint density at radius 3 is 2.00 bits per heavy atom. The summed E-state index contributed by atoms with van der Waals surface area (Å²) in [6, 6.07) is 3.34. The van der Waals surface area contributed by atoms with Gasteiger partial charge in [0.05, 0.1) is 6.26 Å². The summed E-state index contributed by atoms with van der Waals surface area (Å²) < 4.78 is 5.17. The van der Waals surface area contributed by atoms with Crippen molar-refractivity contribution < 1.29 is 18.8 Å². The standard InChI is InChI=1S/C20H27N3O4/c1-15-4-8-22(9-5-15)18(25)20(6-7-20)19(26)23-12-10-21(11-13-23)17(24)16-3-2-14-27-16/h2-3,14-15H,4-13H2,1H3. The third-order valence-corrected chi connectivity index (χ3v) is 6.23. The topological polar surface area (TPSA) is 74.1 Å². The van der Waals surface area contributed by atoms with E-state index >= 15 is 0 Å². The Morgan fingerprint density at radius 2 is 1.48 bits per heavy atom. The second-order valence-corrected chi connectivity index (χ2v) is 8.12. The number of carbonyl (C=O) groups excluding carboxylic acids is 3. The molecule has 0 aromatic carbocycles. The van der Waals surface area contributed by atoms with Gasteiger partial charge in [0.15, 0.2) is 5.76 Å². The van der Waals surface area contributed by atoms with Gasteiger partial charge in [-0.15, -0.1) is 0 Å². The van der Waals surface area contributed by atoms with Gasteiger partial charge in [0.1, 0.15) is 5.41 Å². The number of hydrogen-bond donors (Lipinski definition) is 0. The van der Waals surface area contributed by atoms with Crippen LogP contribution in [-0.4, -0.2) is 71.7 Å². The highest BCUT2D eigenvalue weighted by Crippen LogP contribution is 2.49. The summed E-state index contributed by atoms with van der Waals surface area (Å²) in [7, 11) is 0. The van der Waals surface area contributed by atoms with E-state index in [-0.39, 0.29) is 17.7 Å². The van der Waals surface area contributed by atoms with Gasteiger partial charge in [0, 0.05) is 39.3 Å². The molecule has 146 valence electrons. The van der Waals surface area contributed by atoms with Crippen LogP contribution in [0, 0.1) is 11.3 Å². The van der Waals surface area contributed by atoms with Crippen LogP contribution in [0.15, 0.2) is 22.8 Å². The third-order valence-electron chi connectivity index (χ3n) is 6.23. The molecular weight excluding hydrogens is 346 g/mol. The second-order valence-electron chi connectivity index (χ2n) is 8.12. The van der Waals surface area contributed by atoms with Gasteiger partial charge in [-0.3, -0.25) is 14.4 Å². The van der Waals surface area contributed by atoms with E-state index in [0.29, 0.717) is 50.7 Å². The molecule has 2 saturated heterocycles. The summed E-state index contributed by atoms with van der Waals surface area (Å²) in [5.41, 5.74) is -0.826. The first-order chi connectivity index (χ1) is 13.0. The van der Waals surface area contributed by atoms with Crippen molar-refractivity contribution >= 4 is 17.7 Å². The first-order valence-electron chi connectivity index (χ1n) is 9.93. The molecule has 0 spiro atoms. The molecule has 7 nitrogen and oxygen atoms in total. The minimum atomic E-state index is -0.826. The lowest BCUT2D eigenvalue weighted by Crippen LogP contribution is -2.55. The summed E-state index contributed by atoms with van der Waals surface area (Å²) in [5.74, 6) is 0.805. The monoisotopic (exact) mass is 373 g/mol. The molecule has 1 saturated carbocycles. The average Bonchev–Trinajstić information content (AvgIpc) is 3.33. The quantitative estimate of drug-likeness (QED) is 0.755. The van der Waals surface area contributed by atoms with Crippen LogP contribution in [0.1, 0.15) is 43.2 Å². The van der Waals surface area contributed by atoms with E-state index in [2.05, 4.69) is 6.92 Å². The van der Waals surface area contributed by atoms with Gasteiger partial charge >= 0.3 is 0 Å². The zero-order valence-electron chi connectivity index (χ0n) is 15.9. The van der Waals surface area contributed by atoms with Crippen molar-refractivity contribution in [3.05, 3.63) is 24.2 Å². The zero-order valence-corrected chi connectivity index (χ0v) is 15.9. The van der Waals surface area contributed by atoms with Crippen molar-refractivity contribution in [2.45, 2.75) is 32.6 Å². The first kappa shape index (κ1) is 18.1. The number of piperazine rings is 1. The molecule has 3 aliphatic rings. The number of hydrogen-bond acceptors (Lipinski definition) is 4. The minimum absolute atomic E-state index is 0.0218. The van der Waals surface area contributed by atoms with E-state index < -0.39 is 5.41 Å². The van der Waals surface area contributed by atoms with Gasteiger partial charge in [0.2, 0.25) is 11.8 Å². The molecule has 3 amide bonds. The summed E-state index contributed by atoms with van der Waals surface area (Å²) in [6.45, 7) is 5.62. The number of piperidine rings is 1. The van der Waals surface area contributed by atoms with Crippen LogP contribution in [0.2, 0.25) is 0 Å². The average molecular weight is 373 g/mol. The molecule has 3 fully saturated rings. The van der Waals surface area contributed by atoms with Crippen molar-refractivity contribution in [1.82, 2.24) is 14.7 Å². The molecule has 1 aromatic rings. The fourth-order valence-electron chi connectivity index (χ4n) is 4.13. The smallest absolute Gasteiger partial charge is 0.289 e. The first-order valence-corrected chi connectivity index (χ1v) is 9.93. The molecule has 0 bridgehead atoms. The third kappa shape index (κ3) is 3.35. The lowest BCUT2D eigenvalue weighted by molar-refractivity contribution is -0.151. The molecule has 0 N–H and O–H groups in total. The summed E-state index contributed by atoms with van der Waals surface area (Å²) in [4.78, 5) is 43.8. The van der Waals surface area contributed by atoms with Crippen LogP contribution in [0.4, 0.5) is 0 Å². The number of furan rings is 1. The summed E-state index contributed by atoms with van der Waals surface area (Å²) >= 11 is 0. The zero-order chi connectivity index (χ0) is 19.0. The Labute approximate surface area is 159 Å². The maximum Gasteiger partial charge on any atom is 0.289 e. The van der Waals surface area contributed by atoms with Crippen molar-refractivity contribution in [3.8, 4) is 0 Å². The maximum absolute atomic E-state index is 13.1. The molecule has 27 heavy (non-hydrogen) atoms. The van der Waals surface area contributed by atoms with Crippen LogP contribution < -0.4 is 0 Å². The van der Waals surface area contributed by atoms with Gasteiger partial charge in [0.25, 0.3) is 5.91 Å². The highest BCUT2D eigenvalue weighted by molar-refractivity contribution is 6.08. The molecule has 0 atom stereocenters. The Hall–Kier alpha value is -2.31. The van der Waals surface area contributed by atoms with Crippen LogP contribution in [-0.2, 0) is 9.59 Å². The number of rotatable bonds is 3. The molecule has 1 aliphatic carbocycles. The van der Waals surface area contributed by atoms with E-state index in [1.54, 1.807) is 21.9 Å². The normalized spacial score (nSPS) is 22.6. The van der Waals surface area contributed by atoms with Crippen LogP contribution in [0.5, 0.6) is 0 Å². The van der Waals surface area contributed by atoms with Crippen LogP contribution >= 0.6 is 0 Å².